The molecule has 4 aliphatic rings. The van der Waals surface area contributed by atoms with E-state index >= 15 is 0 Å². The molecule has 0 saturated heterocycles. The topological polar surface area (TPSA) is 192 Å². The molecule has 0 aliphatic heterocycles. The van der Waals surface area contributed by atoms with Crippen LogP contribution in [0.1, 0.15) is 73.9 Å². The first-order valence-corrected chi connectivity index (χ1v) is 27.1. The average molecular weight is 1100 g/mol. The van der Waals surface area contributed by atoms with Gasteiger partial charge in [-0.2, -0.15) is 0 Å². The highest BCUT2D eigenvalue weighted by molar-refractivity contribution is 7.84. The number of benzene rings is 4. The van der Waals surface area contributed by atoms with E-state index in [1.54, 1.807) is 48.9 Å². The highest BCUT2D eigenvalue weighted by atomic mass is 32.2. The van der Waals surface area contributed by atoms with Crippen molar-refractivity contribution in [3.05, 3.63) is 186 Å². The van der Waals surface area contributed by atoms with Crippen LogP contribution < -0.4 is 0 Å². The predicted octanol–water partition coefficient (Wildman–Crippen LogP) is 9.59. The molecule has 18 heteroatoms. The first kappa shape index (κ1) is 57.5. The lowest BCUT2D eigenvalue weighted by molar-refractivity contribution is -0.142. The van der Waals surface area contributed by atoms with E-state index in [1.165, 1.54) is 66.6 Å². The largest absolute Gasteiger partial charge is 0.489 e. The third kappa shape index (κ3) is 11.8. The Morgan fingerprint density at radius 1 is 0.449 bits per heavy atom. The Labute approximate surface area is 454 Å². The van der Waals surface area contributed by atoms with Crippen LogP contribution in [0.5, 0.6) is 0 Å². The fraction of sp³-hybridized carbons (Fsp3) is 0.233. The molecule has 14 nitrogen and oxygen atoms in total. The number of carbonyl (C=O) groups excluding carboxylic acids is 6. The molecule has 0 saturated carbocycles. The normalized spacial score (nSPS) is 17.1. The summed E-state index contributed by atoms with van der Waals surface area (Å²) >= 11 is 0. The van der Waals surface area contributed by atoms with Gasteiger partial charge in [-0.3, -0.25) is 37.2 Å². The molecule has 0 radical (unpaired) electrons. The quantitative estimate of drug-likeness (QED) is 0.0761. The minimum atomic E-state index is -1.11. The van der Waals surface area contributed by atoms with Crippen LogP contribution in [-0.4, -0.2) is 97.7 Å². The number of hydrogen-bond donors (Lipinski definition) is 0. The van der Waals surface area contributed by atoms with Crippen LogP contribution in [0, 0.1) is 11.6 Å². The summed E-state index contributed by atoms with van der Waals surface area (Å²) in [6, 6.07) is 23.2. The van der Waals surface area contributed by atoms with Gasteiger partial charge in [0, 0.05) is 66.2 Å². The van der Waals surface area contributed by atoms with Gasteiger partial charge >= 0.3 is 11.9 Å². The third-order valence-corrected chi connectivity index (χ3v) is 15.4. The zero-order chi connectivity index (χ0) is 56.9. The second-order valence-electron chi connectivity index (χ2n) is 18.1. The summed E-state index contributed by atoms with van der Waals surface area (Å²) in [5.41, 5.74) is 9.05. The summed E-state index contributed by atoms with van der Waals surface area (Å²) in [7, 11) is 2.83. The van der Waals surface area contributed by atoms with Crippen LogP contribution >= 0.6 is 0 Å². The Bertz CT molecular complexity index is 3320. The van der Waals surface area contributed by atoms with Crippen molar-refractivity contribution in [2.45, 2.75) is 50.3 Å². The zero-order valence-corrected chi connectivity index (χ0v) is 46.0. The van der Waals surface area contributed by atoms with Crippen LogP contribution in [0.2, 0.25) is 0 Å². The Kier molecular flexibility index (Phi) is 18.0. The lowest BCUT2D eigenvalue weighted by Crippen LogP contribution is -2.27. The number of halogens is 2. The molecule has 0 spiro atoms. The van der Waals surface area contributed by atoms with Crippen molar-refractivity contribution in [3.8, 4) is 0 Å². The molecule has 404 valence electrons. The maximum absolute atomic E-state index is 14.2. The maximum atomic E-state index is 14.2. The summed E-state index contributed by atoms with van der Waals surface area (Å²) in [6.45, 7) is 5.81. The maximum Gasteiger partial charge on any atom is 0.310 e. The van der Waals surface area contributed by atoms with Gasteiger partial charge in [0.1, 0.15) is 24.8 Å². The number of fused-ring (bicyclic) bond motifs is 2. The highest BCUT2D eigenvalue weighted by Gasteiger charge is 2.37. The molecule has 2 atom stereocenters. The number of rotatable bonds is 16. The van der Waals surface area contributed by atoms with Gasteiger partial charge in [-0.1, -0.05) is 36.4 Å². The van der Waals surface area contributed by atoms with E-state index in [0.717, 1.165) is 33.4 Å². The van der Waals surface area contributed by atoms with Crippen LogP contribution in [0.4, 0.5) is 8.78 Å². The summed E-state index contributed by atoms with van der Waals surface area (Å²) in [5, 5.41) is 0. The lowest BCUT2D eigenvalue weighted by Gasteiger charge is -2.20. The predicted molar refractivity (Wildman–Crippen MR) is 290 cm³/mol. The van der Waals surface area contributed by atoms with Gasteiger partial charge in [-0.05, 0) is 155 Å². The van der Waals surface area contributed by atoms with Crippen LogP contribution in [0.25, 0.3) is 34.4 Å². The first-order valence-electron chi connectivity index (χ1n) is 24.0. The number of carbonyl (C=O) groups is 6. The lowest BCUT2D eigenvalue weighted by atomic mass is 9.93. The summed E-state index contributed by atoms with van der Waals surface area (Å²) in [6.07, 6.45) is 6.74. The van der Waals surface area contributed by atoms with Crippen molar-refractivity contribution in [1.82, 2.24) is 0 Å². The number of allylic oxidation sites excluding steroid dienone is 8. The van der Waals surface area contributed by atoms with Gasteiger partial charge in [0.15, 0.2) is 0 Å². The van der Waals surface area contributed by atoms with E-state index in [9.17, 15) is 46.0 Å². The Balaban J connectivity index is 0.000000226. The van der Waals surface area contributed by atoms with E-state index in [1.807, 2.05) is 50.3 Å². The second kappa shape index (κ2) is 24.4. The van der Waals surface area contributed by atoms with Gasteiger partial charge in [0.25, 0.3) is 0 Å². The Morgan fingerprint density at radius 2 is 0.769 bits per heavy atom. The summed E-state index contributed by atoms with van der Waals surface area (Å²) in [4.78, 5) is 78.1. The molecule has 0 N–H and O–H groups in total. The van der Waals surface area contributed by atoms with Crippen LogP contribution in [0.15, 0.2) is 151 Å². The molecule has 0 bridgehead atoms. The van der Waals surface area contributed by atoms with E-state index in [2.05, 4.69) is 0 Å². The van der Waals surface area contributed by atoms with Crippen molar-refractivity contribution >= 4 is 91.1 Å². The molecule has 0 heterocycles. The smallest absolute Gasteiger partial charge is 0.310 e. The zero-order valence-electron chi connectivity index (χ0n) is 44.4. The third-order valence-electron chi connectivity index (χ3n) is 13.5. The average Bonchev–Trinajstić information content (AvgIpc) is 3.90. The van der Waals surface area contributed by atoms with Gasteiger partial charge in [0.2, 0.25) is 46.2 Å². The van der Waals surface area contributed by atoms with Gasteiger partial charge in [-0.15, -0.1) is 0 Å². The molecule has 78 heavy (non-hydrogen) atoms. The van der Waals surface area contributed by atoms with Crippen molar-refractivity contribution < 1.29 is 74.4 Å². The highest BCUT2D eigenvalue weighted by Crippen LogP contribution is 2.46. The van der Waals surface area contributed by atoms with E-state index in [0.29, 0.717) is 43.2 Å². The molecule has 4 aromatic carbocycles. The molecule has 0 aromatic heterocycles. The molecular formula is C60H54F2O14S2. The van der Waals surface area contributed by atoms with Crippen LogP contribution in [-0.2, 0) is 78.8 Å². The molecule has 4 aromatic rings. The number of ether oxygens (including phenoxy) is 6. The molecule has 8 rings (SSSR count). The minimum absolute atomic E-state index is 0.0163. The molecule has 4 aliphatic carbocycles. The molecule has 0 fully saturated rings. The van der Waals surface area contributed by atoms with Crippen LogP contribution in [0.3, 0.4) is 0 Å². The molecule has 0 amide bonds. The van der Waals surface area contributed by atoms with E-state index in [-0.39, 0.29) is 58.2 Å². The van der Waals surface area contributed by atoms with E-state index in [4.69, 9.17) is 28.4 Å². The Hall–Kier alpha value is -8.22. The SMILES string of the molecule is COC1=C(OC)C(=O)C(COC(=O)CC2=C(C)/C(=C/c3ccc(S(C)=O)cc3)c3cc(F)ccc32)=C(C)C1=O.COC1=C(OC)C(=O)C(COC(=O)CC2=C(C)/C(=C/c3ccc(S(C)=O)cc3)c3cc(F)ccc32)=C(C)C1=O. The summed E-state index contributed by atoms with van der Waals surface area (Å²) < 4.78 is 82.9. The van der Waals surface area contributed by atoms with Crippen molar-refractivity contribution in [3.63, 3.8) is 0 Å². The van der Waals surface area contributed by atoms with E-state index < -0.39 is 81.5 Å². The van der Waals surface area contributed by atoms with Gasteiger partial charge in [0.05, 0.1) is 41.3 Å². The number of esters is 2. The standard InChI is InChI=1S/2C30H27FO7S/c2*1-16-22(12-18-6-9-20(10-7-18)39(5)35)24-13-19(31)8-11-21(24)23(16)14-26(32)38-15-25-17(2)27(33)29(36-3)30(37-4)28(25)34/h2*6-13H,14-15H2,1-5H3/b2*22-12-. The number of methoxy groups -OCH3 is 4. The number of Topliss-reactive ketones (excluding diaryl/α,β-unsaturated/α-hetero) is 4. The number of hydrogen-bond acceptors (Lipinski definition) is 14. The van der Waals surface area contributed by atoms with Gasteiger partial charge < -0.3 is 28.4 Å². The van der Waals surface area contributed by atoms with Gasteiger partial charge in [-0.25, -0.2) is 8.78 Å². The summed E-state index contributed by atoms with van der Waals surface area (Å²) in [5.74, 6) is -5.11. The molecular weight excluding hydrogens is 1050 g/mol. The van der Waals surface area contributed by atoms with Crippen molar-refractivity contribution in [2.75, 3.05) is 54.2 Å². The fourth-order valence-corrected chi connectivity index (χ4v) is 10.3. The Morgan fingerprint density at radius 3 is 1.08 bits per heavy atom. The fourth-order valence-electron chi connectivity index (χ4n) is 9.24. The molecule has 2 unspecified atom stereocenters. The minimum Gasteiger partial charge on any atom is -0.489 e. The first-order chi connectivity index (χ1) is 37.1. The van der Waals surface area contributed by atoms with Crippen molar-refractivity contribution in [1.29, 1.82) is 0 Å². The number of ketones is 4. The second-order valence-corrected chi connectivity index (χ2v) is 20.8. The van der Waals surface area contributed by atoms with Crippen molar-refractivity contribution in [2.24, 2.45) is 0 Å². The monoisotopic (exact) mass is 1100 g/mol.